The highest BCUT2D eigenvalue weighted by Crippen LogP contribution is 2.25. The van der Waals surface area contributed by atoms with E-state index in [-0.39, 0.29) is 17.3 Å². The zero-order valence-corrected chi connectivity index (χ0v) is 11.4. The first-order chi connectivity index (χ1) is 10.0. The Morgan fingerprint density at radius 3 is 2.86 bits per heavy atom. The van der Waals surface area contributed by atoms with Crippen molar-refractivity contribution in [3.05, 3.63) is 46.0 Å². The average molecular weight is 291 g/mol. The number of aromatic nitrogens is 3. The highest BCUT2D eigenvalue weighted by molar-refractivity contribution is 5.96. The molecule has 1 aromatic carbocycles. The molecular formula is C12H13N5O4. The first-order valence-corrected chi connectivity index (χ1v) is 6.01. The minimum atomic E-state index is -0.661. The Labute approximate surface area is 119 Å². The smallest absolute Gasteiger partial charge is 0.340 e. The summed E-state index contributed by atoms with van der Waals surface area (Å²) in [4.78, 5) is 26.0. The van der Waals surface area contributed by atoms with E-state index in [1.807, 2.05) is 6.92 Å². The van der Waals surface area contributed by atoms with Gasteiger partial charge in [-0.25, -0.2) is 9.78 Å². The van der Waals surface area contributed by atoms with E-state index in [1.165, 1.54) is 31.6 Å². The first-order valence-electron chi connectivity index (χ1n) is 6.01. The molecule has 9 nitrogen and oxygen atoms in total. The Morgan fingerprint density at radius 1 is 1.52 bits per heavy atom. The third-order valence-electron chi connectivity index (χ3n) is 2.84. The van der Waals surface area contributed by atoms with E-state index in [4.69, 9.17) is 0 Å². The number of benzene rings is 1. The Balaban J connectivity index is 2.33. The van der Waals surface area contributed by atoms with E-state index in [2.05, 4.69) is 25.2 Å². The number of H-pyrrole nitrogens is 1. The van der Waals surface area contributed by atoms with Gasteiger partial charge in [0.1, 0.15) is 12.2 Å². The molecular weight excluding hydrogens is 278 g/mol. The molecule has 0 fully saturated rings. The lowest BCUT2D eigenvalue weighted by atomic mass is 10.1. The molecule has 1 heterocycles. The second-order valence-electron chi connectivity index (χ2n) is 4.22. The molecule has 110 valence electrons. The number of rotatable bonds is 5. The van der Waals surface area contributed by atoms with Crippen molar-refractivity contribution in [2.24, 2.45) is 0 Å². The topological polar surface area (TPSA) is 123 Å². The van der Waals surface area contributed by atoms with Crippen molar-refractivity contribution in [2.75, 3.05) is 12.4 Å². The fourth-order valence-electron chi connectivity index (χ4n) is 1.78. The summed E-state index contributed by atoms with van der Waals surface area (Å²) in [6, 6.07) is 3.66. The molecule has 0 saturated heterocycles. The Morgan fingerprint density at radius 2 is 2.29 bits per heavy atom. The molecule has 1 atom stereocenters. The third kappa shape index (κ3) is 3.14. The van der Waals surface area contributed by atoms with Crippen LogP contribution in [0.25, 0.3) is 0 Å². The number of hydrogen-bond donors (Lipinski definition) is 2. The molecule has 9 heteroatoms. The molecule has 2 N–H and O–H groups in total. The Bertz CT molecular complexity index is 656. The summed E-state index contributed by atoms with van der Waals surface area (Å²) in [5.74, 6) is -0.0878. The summed E-state index contributed by atoms with van der Waals surface area (Å²) in [6.07, 6.45) is 1.37. The van der Waals surface area contributed by atoms with Crippen LogP contribution in [0.15, 0.2) is 24.5 Å². The highest BCUT2D eigenvalue weighted by Gasteiger charge is 2.19. The lowest BCUT2D eigenvalue weighted by Crippen LogP contribution is -2.13. The minimum Gasteiger partial charge on any atom is -0.465 e. The normalized spacial score (nSPS) is 11.7. The van der Waals surface area contributed by atoms with Gasteiger partial charge < -0.3 is 10.1 Å². The second kappa shape index (κ2) is 5.99. The van der Waals surface area contributed by atoms with Crippen molar-refractivity contribution in [1.29, 1.82) is 0 Å². The molecule has 1 aromatic heterocycles. The summed E-state index contributed by atoms with van der Waals surface area (Å²) < 4.78 is 4.65. The molecule has 0 saturated carbocycles. The van der Waals surface area contributed by atoms with Gasteiger partial charge in [0.15, 0.2) is 0 Å². The van der Waals surface area contributed by atoms with E-state index in [0.717, 1.165) is 0 Å². The Kier molecular flexibility index (Phi) is 4.12. The third-order valence-corrected chi connectivity index (χ3v) is 2.84. The fourth-order valence-corrected chi connectivity index (χ4v) is 1.78. The number of nitrogens with zero attached hydrogens (tertiary/aromatic N) is 3. The molecule has 0 spiro atoms. The Hall–Kier alpha value is -2.97. The second-order valence-corrected chi connectivity index (χ2v) is 4.22. The lowest BCUT2D eigenvalue weighted by Gasteiger charge is -2.15. The molecule has 0 radical (unpaired) electrons. The first kappa shape index (κ1) is 14.4. The number of methoxy groups -OCH3 is 1. The van der Waals surface area contributed by atoms with Crippen LogP contribution in [-0.2, 0) is 4.74 Å². The van der Waals surface area contributed by atoms with Crippen molar-refractivity contribution in [3.8, 4) is 0 Å². The lowest BCUT2D eigenvalue weighted by molar-refractivity contribution is -0.384. The quantitative estimate of drug-likeness (QED) is 0.488. The summed E-state index contributed by atoms with van der Waals surface area (Å²) >= 11 is 0. The molecule has 0 unspecified atom stereocenters. The van der Waals surface area contributed by atoms with Gasteiger partial charge in [-0.15, -0.1) is 0 Å². The number of ether oxygens (including phenoxy) is 1. The van der Waals surface area contributed by atoms with Crippen molar-refractivity contribution in [2.45, 2.75) is 13.0 Å². The molecule has 0 aliphatic rings. The van der Waals surface area contributed by atoms with Gasteiger partial charge in [-0.1, -0.05) is 0 Å². The zero-order chi connectivity index (χ0) is 15.4. The van der Waals surface area contributed by atoms with E-state index >= 15 is 0 Å². The van der Waals surface area contributed by atoms with Crippen LogP contribution < -0.4 is 5.32 Å². The van der Waals surface area contributed by atoms with Crippen molar-refractivity contribution in [3.63, 3.8) is 0 Å². The number of hydrogen-bond acceptors (Lipinski definition) is 7. The standard InChI is InChI=1S/C12H13N5O4/c1-7(11-13-6-14-16-11)15-10-4-3-8(17(19)20)5-9(10)12(18)21-2/h3-7,15H,1-2H3,(H,13,14,16)/t7-/m1/s1. The molecule has 2 aromatic rings. The molecule has 2 rings (SSSR count). The number of nitro benzene ring substituents is 1. The molecule has 0 amide bonds. The van der Waals surface area contributed by atoms with E-state index in [9.17, 15) is 14.9 Å². The zero-order valence-electron chi connectivity index (χ0n) is 11.4. The summed E-state index contributed by atoms with van der Waals surface area (Å²) in [5, 5.41) is 20.3. The maximum Gasteiger partial charge on any atom is 0.340 e. The number of esters is 1. The van der Waals surface area contributed by atoms with E-state index in [1.54, 1.807) is 0 Å². The van der Waals surface area contributed by atoms with Crippen molar-refractivity contribution < 1.29 is 14.5 Å². The number of nitro groups is 1. The van der Waals surface area contributed by atoms with Crippen LogP contribution >= 0.6 is 0 Å². The molecule has 0 bridgehead atoms. The van der Waals surface area contributed by atoms with E-state index < -0.39 is 10.9 Å². The van der Waals surface area contributed by atoms with Gasteiger partial charge >= 0.3 is 5.97 Å². The summed E-state index contributed by atoms with van der Waals surface area (Å²) in [7, 11) is 1.21. The van der Waals surface area contributed by atoms with Crippen LogP contribution in [0.5, 0.6) is 0 Å². The predicted octanol–water partition coefficient (Wildman–Crippen LogP) is 1.67. The van der Waals surface area contributed by atoms with Gasteiger partial charge in [0, 0.05) is 17.8 Å². The fraction of sp³-hybridized carbons (Fsp3) is 0.250. The number of aromatic amines is 1. The number of carbonyl (C=O) groups excluding carboxylic acids is 1. The van der Waals surface area contributed by atoms with Gasteiger partial charge in [-0.2, -0.15) is 5.10 Å². The van der Waals surface area contributed by atoms with Gasteiger partial charge in [0.25, 0.3) is 5.69 Å². The van der Waals surface area contributed by atoms with Crippen LogP contribution in [0.1, 0.15) is 29.1 Å². The van der Waals surface area contributed by atoms with Crippen LogP contribution in [0, 0.1) is 10.1 Å². The van der Waals surface area contributed by atoms with Crippen molar-refractivity contribution in [1.82, 2.24) is 15.2 Å². The average Bonchev–Trinajstić information content (AvgIpc) is 3.00. The predicted molar refractivity (Wildman–Crippen MR) is 72.9 cm³/mol. The SMILES string of the molecule is COC(=O)c1cc([N+](=O)[O-])ccc1N[C@H](C)c1ncn[nH]1. The monoisotopic (exact) mass is 291 g/mol. The van der Waals surface area contributed by atoms with Crippen LogP contribution in [0.4, 0.5) is 11.4 Å². The summed E-state index contributed by atoms with van der Waals surface area (Å²) in [6.45, 7) is 1.81. The summed E-state index contributed by atoms with van der Waals surface area (Å²) in [5.41, 5.74) is 0.308. The number of nitrogens with one attached hydrogen (secondary N) is 2. The minimum absolute atomic E-state index is 0.0815. The van der Waals surface area contributed by atoms with Crippen molar-refractivity contribution >= 4 is 17.3 Å². The molecule has 21 heavy (non-hydrogen) atoms. The number of carbonyl (C=O) groups is 1. The van der Waals surface area contributed by atoms with Gasteiger partial charge in [0.05, 0.1) is 23.6 Å². The van der Waals surface area contributed by atoms with Gasteiger partial charge in [0.2, 0.25) is 0 Å². The molecule has 0 aliphatic carbocycles. The van der Waals surface area contributed by atoms with Gasteiger partial charge in [-0.3, -0.25) is 15.2 Å². The molecule has 0 aliphatic heterocycles. The van der Waals surface area contributed by atoms with E-state index in [0.29, 0.717) is 11.5 Å². The highest BCUT2D eigenvalue weighted by atomic mass is 16.6. The van der Waals surface area contributed by atoms with Gasteiger partial charge in [-0.05, 0) is 13.0 Å². The number of non-ortho nitro benzene ring substituents is 1. The maximum absolute atomic E-state index is 11.8. The van der Waals surface area contributed by atoms with Crippen LogP contribution in [0.2, 0.25) is 0 Å². The van der Waals surface area contributed by atoms with Crippen LogP contribution in [0.3, 0.4) is 0 Å². The number of anilines is 1. The largest absolute Gasteiger partial charge is 0.465 e. The van der Waals surface area contributed by atoms with Crippen LogP contribution in [-0.4, -0.2) is 33.2 Å². The maximum atomic E-state index is 11.8.